The van der Waals surface area contributed by atoms with Crippen molar-refractivity contribution in [3.05, 3.63) is 72.2 Å². The summed E-state index contributed by atoms with van der Waals surface area (Å²) in [5.41, 5.74) is 0.814. The zero-order chi connectivity index (χ0) is 28.9. The quantitative estimate of drug-likeness (QED) is 0.483. The van der Waals surface area contributed by atoms with Crippen molar-refractivity contribution in [2.45, 2.75) is 43.8 Å². The van der Waals surface area contributed by atoms with Crippen molar-refractivity contribution < 1.29 is 46.6 Å². The van der Waals surface area contributed by atoms with E-state index < -0.39 is 23.9 Å². The molecule has 214 valence electrons. The van der Waals surface area contributed by atoms with Crippen LogP contribution < -0.4 is 10.1 Å². The second-order valence-electron chi connectivity index (χ2n) is 9.18. The number of alkyl halides is 3. The summed E-state index contributed by atoms with van der Waals surface area (Å²) < 4.78 is 50.4. The molecule has 0 bridgehead atoms. The van der Waals surface area contributed by atoms with Crippen LogP contribution in [0.25, 0.3) is 0 Å². The number of carboxylic acids is 1. The number of aliphatic carboxylic acids is 1. The third-order valence-corrected chi connectivity index (χ3v) is 6.64. The number of nitrogens with zero attached hydrogens (tertiary/aromatic N) is 3. The van der Waals surface area contributed by atoms with Crippen molar-refractivity contribution in [2.75, 3.05) is 20.2 Å². The van der Waals surface area contributed by atoms with Crippen molar-refractivity contribution in [1.82, 2.24) is 19.8 Å². The number of amides is 2. The molecule has 3 aromatic rings. The molecule has 1 unspecified atom stereocenters. The third kappa shape index (κ3) is 6.45. The minimum absolute atomic E-state index is 0.0634. The lowest BCUT2D eigenvalue weighted by Crippen LogP contribution is -2.54. The molecule has 1 spiro atoms. The molecule has 1 atom stereocenters. The molecule has 1 fully saturated rings. The van der Waals surface area contributed by atoms with Crippen molar-refractivity contribution >= 4 is 17.8 Å². The maximum absolute atomic E-state index is 13.0. The van der Waals surface area contributed by atoms with Gasteiger partial charge in [0, 0.05) is 44.9 Å². The van der Waals surface area contributed by atoms with Gasteiger partial charge in [-0.1, -0.05) is 12.1 Å². The second kappa shape index (κ2) is 11.8. The topological polar surface area (TPSA) is 136 Å². The van der Waals surface area contributed by atoms with Crippen LogP contribution in [0.1, 0.15) is 34.6 Å². The maximum atomic E-state index is 13.0. The predicted molar refractivity (Wildman–Crippen MR) is 131 cm³/mol. The molecule has 1 aromatic carbocycles. The number of carbonyl (C=O) groups is 3. The van der Waals surface area contributed by atoms with Crippen molar-refractivity contribution in [3.8, 4) is 5.75 Å². The number of fused-ring (bicyclic) bond motifs is 2. The number of nitrogens with one attached hydrogen (secondary N) is 1. The molecule has 0 aliphatic carbocycles. The molecule has 0 saturated carbocycles. The molecule has 14 heteroatoms. The van der Waals surface area contributed by atoms with Gasteiger partial charge < -0.3 is 33.8 Å². The Kier molecular flexibility index (Phi) is 8.47. The maximum Gasteiger partial charge on any atom is 0.490 e. The first-order valence-corrected chi connectivity index (χ1v) is 12.2. The third-order valence-electron chi connectivity index (χ3n) is 6.64. The number of carbonyl (C=O) groups excluding carboxylic acids is 2. The van der Waals surface area contributed by atoms with E-state index in [2.05, 4.69) is 10.3 Å². The van der Waals surface area contributed by atoms with Crippen LogP contribution in [0, 0.1) is 0 Å². The highest BCUT2D eigenvalue weighted by molar-refractivity contribution is 5.93. The van der Waals surface area contributed by atoms with Gasteiger partial charge in [0.25, 0.3) is 11.8 Å². The molecule has 11 nitrogen and oxygen atoms in total. The summed E-state index contributed by atoms with van der Waals surface area (Å²) >= 11 is 0. The molecule has 4 heterocycles. The number of likely N-dealkylation sites (tertiary alicyclic amines) is 1. The first-order chi connectivity index (χ1) is 19.0. The minimum atomic E-state index is -5.08. The lowest BCUT2D eigenvalue weighted by molar-refractivity contribution is -0.192. The van der Waals surface area contributed by atoms with Crippen LogP contribution in [-0.2, 0) is 33.0 Å². The van der Waals surface area contributed by atoms with Crippen LogP contribution in [0.4, 0.5) is 13.2 Å². The first-order valence-electron chi connectivity index (χ1n) is 12.2. The lowest BCUT2D eigenvalue weighted by Gasteiger charge is -2.45. The largest absolute Gasteiger partial charge is 0.497 e. The summed E-state index contributed by atoms with van der Waals surface area (Å²) in [6.07, 6.45) is 1.98. The normalized spacial score (nSPS) is 17.8. The van der Waals surface area contributed by atoms with Gasteiger partial charge >= 0.3 is 12.1 Å². The molecule has 2 aliphatic heterocycles. The molecule has 2 aliphatic rings. The van der Waals surface area contributed by atoms with Gasteiger partial charge in [-0.25, -0.2) is 9.78 Å². The van der Waals surface area contributed by atoms with Gasteiger partial charge in [0.15, 0.2) is 6.10 Å². The predicted octanol–water partition coefficient (Wildman–Crippen LogP) is 2.96. The molecular formula is C26H27F3N4O7. The number of aromatic nitrogens is 2. The second-order valence-corrected chi connectivity index (χ2v) is 9.18. The number of benzene rings is 1. The Bertz CT molecular complexity index is 1310. The molecular weight excluding hydrogens is 537 g/mol. The highest BCUT2D eigenvalue weighted by Gasteiger charge is 2.47. The van der Waals surface area contributed by atoms with Gasteiger partial charge in [0.1, 0.15) is 23.4 Å². The SMILES string of the molecule is COc1ccc(CNC(=O)C2Cn3ccnc3C3(CCN(C(=O)c4ccoc4)CC3)O2)cc1.O=C(O)C(F)(F)F. The van der Waals surface area contributed by atoms with Gasteiger partial charge in [-0.05, 0) is 23.8 Å². The van der Waals surface area contributed by atoms with Gasteiger partial charge in [0.2, 0.25) is 0 Å². The van der Waals surface area contributed by atoms with Gasteiger partial charge in [-0.15, -0.1) is 0 Å². The zero-order valence-electron chi connectivity index (χ0n) is 21.4. The summed E-state index contributed by atoms with van der Waals surface area (Å²) in [7, 11) is 1.62. The van der Waals surface area contributed by atoms with Crippen molar-refractivity contribution in [2.24, 2.45) is 0 Å². The Labute approximate surface area is 226 Å². The van der Waals surface area contributed by atoms with E-state index >= 15 is 0 Å². The summed E-state index contributed by atoms with van der Waals surface area (Å²) in [6, 6.07) is 9.24. The smallest absolute Gasteiger partial charge is 0.490 e. The van der Waals surface area contributed by atoms with Crippen molar-refractivity contribution in [3.63, 3.8) is 0 Å². The van der Waals surface area contributed by atoms with Gasteiger partial charge in [0.05, 0.1) is 25.5 Å². The molecule has 2 amide bonds. The van der Waals surface area contributed by atoms with E-state index in [0.717, 1.165) is 17.1 Å². The number of ether oxygens (including phenoxy) is 2. The average molecular weight is 565 g/mol. The van der Waals surface area contributed by atoms with E-state index in [4.69, 9.17) is 23.8 Å². The summed E-state index contributed by atoms with van der Waals surface area (Å²) in [4.78, 5) is 40.9. The van der Waals surface area contributed by atoms with E-state index in [1.165, 1.54) is 12.5 Å². The summed E-state index contributed by atoms with van der Waals surface area (Å²) in [6.45, 7) is 1.83. The molecule has 2 N–H and O–H groups in total. The number of carboxylic acid groups (broad SMARTS) is 1. The zero-order valence-corrected chi connectivity index (χ0v) is 21.4. The van der Waals surface area contributed by atoms with E-state index in [1.54, 1.807) is 24.3 Å². The Morgan fingerprint density at radius 2 is 1.85 bits per heavy atom. The Morgan fingerprint density at radius 1 is 1.18 bits per heavy atom. The van der Waals surface area contributed by atoms with E-state index in [0.29, 0.717) is 44.6 Å². The van der Waals surface area contributed by atoms with E-state index in [-0.39, 0.29) is 11.8 Å². The van der Waals surface area contributed by atoms with Crippen LogP contribution in [0.3, 0.4) is 0 Å². The number of rotatable bonds is 5. The number of piperidine rings is 1. The molecule has 2 aromatic heterocycles. The standard InChI is InChI=1S/C24H26N4O5.C2HF3O2/c1-31-19-4-2-17(3-5-19)14-26-21(29)20-15-28-12-9-25-23(28)24(33-20)7-10-27(11-8-24)22(30)18-6-13-32-16-18;3-2(4,5)1(6)7/h2-6,9,12-13,16,20H,7-8,10-11,14-15H2,1H3,(H,26,29);(H,6,7). The number of methoxy groups -OCH3 is 1. The number of hydrogen-bond donors (Lipinski definition) is 2. The number of hydrogen-bond acceptors (Lipinski definition) is 7. The van der Waals surface area contributed by atoms with Crippen LogP contribution in [0.2, 0.25) is 0 Å². The highest BCUT2D eigenvalue weighted by atomic mass is 19.4. The fraction of sp³-hybridized carbons (Fsp3) is 0.385. The molecule has 5 rings (SSSR count). The van der Waals surface area contributed by atoms with Crippen LogP contribution in [-0.4, -0.2) is 69.8 Å². The van der Waals surface area contributed by atoms with E-state index in [9.17, 15) is 22.8 Å². The molecule has 40 heavy (non-hydrogen) atoms. The Morgan fingerprint density at radius 3 is 2.42 bits per heavy atom. The van der Waals surface area contributed by atoms with Crippen molar-refractivity contribution in [1.29, 1.82) is 0 Å². The summed E-state index contributed by atoms with van der Waals surface area (Å²) in [5.74, 6) is -1.40. The highest BCUT2D eigenvalue weighted by Crippen LogP contribution is 2.40. The summed E-state index contributed by atoms with van der Waals surface area (Å²) in [5, 5.41) is 10.1. The van der Waals surface area contributed by atoms with Crippen LogP contribution >= 0.6 is 0 Å². The molecule has 1 saturated heterocycles. The van der Waals surface area contributed by atoms with Gasteiger partial charge in [-0.2, -0.15) is 13.2 Å². The fourth-order valence-corrected chi connectivity index (χ4v) is 4.56. The minimum Gasteiger partial charge on any atom is -0.497 e. The number of furan rings is 1. The van der Waals surface area contributed by atoms with E-state index in [1.807, 2.05) is 35.0 Å². The molecule has 0 radical (unpaired) electrons. The lowest BCUT2D eigenvalue weighted by atomic mass is 9.88. The van der Waals surface area contributed by atoms with Crippen LogP contribution in [0.15, 0.2) is 59.7 Å². The fourth-order valence-electron chi connectivity index (χ4n) is 4.56. The van der Waals surface area contributed by atoms with Gasteiger partial charge in [-0.3, -0.25) is 9.59 Å². The average Bonchev–Trinajstić information content (AvgIpc) is 3.65. The van der Waals surface area contributed by atoms with Crippen LogP contribution in [0.5, 0.6) is 5.75 Å². The Balaban J connectivity index is 0.000000470. The Hall–Kier alpha value is -4.33. The number of imidazole rings is 1. The monoisotopic (exact) mass is 564 g/mol. The first kappa shape index (κ1) is 28.7. The number of halogens is 3.